The summed E-state index contributed by atoms with van der Waals surface area (Å²) in [5.41, 5.74) is 0.929. The molecule has 4 heteroatoms. The van der Waals surface area contributed by atoms with Gasteiger partial charge in [0.15, 0.2) is 0 Å². The fourth-order valence-electron chi connectivity index (χ4n) is 0.584. The molecule has 2 nitrogen and oxygen atoms in total. The van der Waals surface area contributed by atoms with Crippen molar-refractivity contribution in [2.75, 3.05) is 0 Å². The van der Waals surface area contributed by atoms with Crippen LogP contribution < -0.4 is 4.73 Å². The van der Waals surface area contributed by atoms with Crippen LogP contribution in [0.5, 0.6) is 0 Å². The molecule has 0 aliphatic heterocycles. The first-order valence-corrected chi connectivity index (χ1v) is 4.25. The molecule has 0 bridgehead atoms. The number of rotatable bonds is 0. The highest BCUT2D eigenvalue weighted by Crippen LogP contribution is 2.13. The van der Waals surface area contributed by atoms with Gasteiger partial charge in [0.05, 0.1) is 0 Å². The Morgan fingerprint density at radius 2 is 2.00 bits per heavy atom. The van der Waals surface area contributed by atoms with Crippen LogP contribution in [0.2, 0.25) is 0 Å². The molecular formula is C6H5Br2NO. The third-order valence-electron chi connectivity index (χ3n) is 1.17. The van der Waals surface area contributed by atoms with E-state index in [9.17, 15) is 5.21 Å². The number of aromatic nitrogens is 1. The van der Waals surface area contributed by atoms with Crippen LogP contribution in [-0.2, 0) is 0 Å². The number of hydrogen-bond acceptors (Lipinski definition) is 1. The number of nitrogens with zero attached hydrogens (tertiary/aromatic N) is 1. The van der Waals surface area contributed by atoms with Crippen LogP contribution in [0.3, 0.4) is 0 Å². The lowest BCUT2D eigenvalue weighted by atomic mass is 10.3. The van der Waals surface area contributed by atoms with Crippen LogP contribution in [0.25, 0.3) is 0 Å². The molecule has 0 amide bonds. The lowest BCUT2D eigenvalue weighted by molar-refractivity contribution is -0.629. The average molecular weight is 267 g/mol. The van der Waals surface area contributed by atoms with E-state index in [1.165, 1.54) is 0 Å². The smallest absolute Gasteiger partial charge is 0.262 e. The van der Waals surface area contributed by atoms with Crippen LogP contribution in [-0.4, -0.2) is 0 Å². The van der Waals surface area contributed by atoms with Crippen molar-refractivity contribution in [3.8, 4) is 0 Å². The van der Waals surface area contributed by atoms with E-state index >= 15 is 0 Å². The van der Waals surface area contributed by atoms with Gasteiger partial charge in [-0.3, -0.25) is 0 Å². The summed E-state index contributed by atoms with van der Waals surface area (Å²) in [6.07, 6.45) is 0. The van der Waals surface area contributed by atoms with Gasteiger partial charge in [-0.2, -0.15) is 4.73 Å². The van der Waals surface area contributed by atoms with Gasteiger partial charge in [-0.1, -0.05) is 0 Å². The van der Waals surface area contributed by atoms with Gasteiger partial charge in [-0.05, 0) is 13.0 Å². The van der Waals surface area contributed by atoms with Crippen molar-refractivity contribution in [2.24, 2.45) is 0 Å². The summed E-state index contributed by atoms with van der Waals surface area (Å²) in [7, 11) is 0. The molecule has 0 saturated carbocycles. The second kappa shape index (κ2) is 2.88. The van der Waals surface area contributed by atoms with Crippen LogP contribution >= 0.6 is 31.9 Å². The Hall–Kier alpha value is -0.0900. The van der Waals surface area contributed by atoms with E-state index in [1.807, 2.05) is 13.0 Å². The molecule has 0 aliphatic carbocycles. The third kappa shape index (κ3) is 1.32. The van der Waals surface area contributed by atoms with Gasteiger partial charge in [0.2, 0.25) is 0 Å². The van der Waals surface area contributed by atoms with Crippen molar-refractivity contribution in [3.05, 3.63) is 32.1 Å². The Morgan fingerprint density at radius 1 is 1.40 bits per heavy atom. The summed E-state index contributed by atoms with van der Waals surface area (Å²) in [4.78, 5) is 0. The largest absolute Gasteiger partial charge is 0.617 e. The van der Waals surface area contributed by atoms with Crippen LogP contribution in [0.1, 0.15) is 5.56 Å². The van der Waals surface area contributed by atoms with Crippen LogP contribution in [0, 0.1) is 12.1 Å². The van der Waals surface area contributed by atoms with E-state index in [4.69, 9.17) is 0 Å². The van der Waals surface area contributed by atoms with Gasteiger partial charge in [-0.25, -0.2) is 0 Å². The van der Waals surface area contributed by atoms with Crippen molar-refractivity contribution >= 4 is 31.9 Å². The summed E-state index contributed by atoms with van der Waals surface area (Å²) < 4.78 is 1.86. The highest BCUT2D eigenvalue weighted by Gasteiger charge is 2.07. The Labute approximate surface area is 75.7 Å². The normalized spacial score (nSPS) is 9.90. The van der Waals surface area contributed by atoms with E-state index in [1.54, 1.807) is 6.07 Å². The maximum absolute atomic E-state index is 11.0. The first-order valence-electron chi connectivity index (χ1n) is 2.67. The summed E-state index contributed by atoms with van der Waals surface area (Å²) >= 11 is 6.25. The number of halogens is 2. The molecule has 1 aromatic heterocycles. The zero-order valence-corrected chi connectivity index (χ0v) is 8.44. The van der Waals surface area contributed by atoms with Crippen molar-refractivity contribution in [3.63, 3.8) is 0 Å². The summed E-state index contributed by atoms with van der Waals surface area (Å²) in [6.45, 7) is 1.87. The molecule has 0 N–H and O–H groups in total. The van der Waals surface area contributed by atoms with Crippen LogP contribution in [0.4, 0.5) is 0 Å². The molecule has 10 heavy (non-hydrogen) atoms. The molecule has 1 aromatic rings. The lowest BCUT2D eigenvalue weighted by Crippen LogP contribution is -2.30. The van der Waals surface area contributed by atoms with Gasteiger partial charge in [0.25, 0.3) is 9.21 Å². The molecule has 0 atom stereocenters. The maximum atomic E-state index is 11.0. The highest BCUT2D eigenvalue weighted by atomic mass is 79.9. The minimum atomic E-state index is 0.518. The minimum absolute atomic E-state index is 0.518. The van der Waals surface area contributed by atoms with Crippen LogP contribution in [0.15, 0.2) is 21.3 Å². The van der Waals surface area contributed by atoms with Gasteiger partial charge >= 0.3 is 0 Å². The molecule has 0 saturated heterocycles. The van der Waals surface area contributed by atoms with E-state index < -0.39 is 0 Å². The topological polar surface area (TPSA) is 26.9 Å². The zero-order valence-electron chi connectivity index (χ0n) is 5.27. The lowest BCUT2D eigenvalue weighted by Gasteiger charge is -2.01. The van der Waals surface area contributed by atoms with Crippen molar-refractivity contribution in [2.45, 2.75) is 6.92 Å². The predicted molar refractivity (Wildman–Crippen MR) is 45.5 cm³/mol. The summed E-state index contributed by atoms with van der Waals surface area (Å²) in [5.74, 6) is 0. The number of pyridine rings is 1. The standard InChI is InChI=1S/C6H5Br2NO/c1-4-2-3-5(7)9(10)6(4)8/h2-3H,1H3. The Morgan fingerprint density at radius 3 is 2.50 bits per heavy atom. The van der Waals surface area contributed by atoms with E-state index in [0.717, 1.165) is 10.3 Å². The fraction of sp³-hybridized carbons (Fsp3) is 0.167. The second-order valence-corrected chi connectivity index (χ2v) is 3.49. The average Bonchev–Trinajstić information content (AvgIpc) is 1.93. The number of aryl methyl sites for hydroxylation is 1. The first kappa shape index (κ1) is 8.01. The van der Waals surface area contributed by atoms with E-state index in [0.29, 0.717) is 9.21 Å². The molecule has 54 valence electrons. The maximum Gasteiger partial charge on any atom is 0.262 e. The van der Waals surface area contributed by atoms with Gasteiger partial charge < -0.3 is 5.21 Å². The molecule has 1 rings (SSSR count). The van der Waals surface area contributed by atoms with Gasteiger partial charge in [0, 0.05) is 43.5 Å². The second-order valence-electron chi connectivity index (χ2n) is 1.92. The fourth-order valence-corrected chi connectivity index (χ4v) is 1.45. The molecule has 0 unspecified atom stereocenters. The number of hydrogen-bond donors (Lipinski definition) is 0. The predicted octanol–water partition coefficient (Wildman–Crippen LogP) is 2.15. The third-order valence-corrected chi connectivity index (χ3v) is 2.70. The van der Waals surface area contributed by atoms with E-state index in [-0.39, 0.29) is 0 Å². The molecule has 0 aliphatic rings. The van der Waals surface area contributed by atoms with E-state index in [2.05, 4.69) is 31.9 Å². The molecule has 1 heterocycles. The molecule has 0 aromatic carbocycles. The van der Waals surface area contributed by atoms with Crippen molar-refractivity contribution < 1.29 is 4.73 Å². The molecule has 0 fully saturated rings. The first-order chi connectivity index (χ1) is 4.63. The Kier molecular flexibility index (Phi) is 2.31. The molecule has 0 spiro atoms. The highest BCUT2D eigenvalue weighted by molar-refractivity contribution is 9.11. The Balaban J connectivity index is 3.34. The Bertz CT molecular complexity index is 235. The van der Waals surface area contributed by atoms with Gasteiger partial charge in [-0.15, -0.1) is 0 Å². The SMILES string of the molecule is Cc1ccc(Br)[n+]([O-])c1Br. The minimum Gasteiger partial charge on any atom is -0.617 e. The van der Waals surface area contributed by atoms with Gasteiger partial charge in [0.1, 0.15) is 0 Å². The molecule has 0 radical (unpaired) electrons. The zero-order chi connectivity index (χ0) is 7.72. The van der Waals surface area contributed by atoms with Crippen molar-refractivity contribution in [1.29, 1.82) is 0 Å². The monoisotopic (exact) mass is 265 g/mol. The summed E-state index contributed by atoms with van der Waals surface area (Å²) in [5, 5.41) is 11.0. The quantitative estimate of drug-likeness (QED) is 0.402. The summed E-state index contributed by atoms with van der Waals surface area (Å²) in [6, 6.07) is 3.58. The van der Waals surface area contributed by atoms with Crippen molar-refractivity contribution in [1.82, 2.24) is 0 Å². The molecular weight excluding hydrogens is 262 g/mol.